The van der Waals surface area contributed by atoms with Crippen molar-refractivity contribution in [3.05, 3.63) is 40.5 Å². The van der Waals surface area contributed by atoms with Gasteiger partial charge in [0, 0.05) is 22.0 Å². The lowest BCUT2D eigenvalue weighted by molar-refractivity contribution is -0.124. The summed E-state index contributed by atoms with van der Waals surface area (Å²) in [5.74, 6) is -0.436. The number of nitrogens with two attached hydrogens (primary N) is 1. The zero-order valence-corrected chi connectivity index (χ0v) is 15.2. The number of carbonyl (C=O) groups excluding carboxylic acids is 2. The molecule has 25 heavy (non-hydrogen) atoms. The molecule has 1 fully saturated rings. The number of nitrogens with zero attached hydrogens (tertiary/aromatic N) is 1. The number of nitrogens with one attached hydrogen (secondary N) is 1. The minimum Gasteiger partial charge on any atom is -0.368 e. The van der Waals surface area contributed by atoms with Crippen LogP contribution in [0.4, 0.5) is 0 Å². The SMILES string of the molecule is CCC(CC)(NC(=O)c1cc(C2CC2)nc2ccc(Cl)cc12)C(N)=O. The average molecular weight is 360 g/mol. The molecular weight excluding hydrogens is 338 g/mol. The molecule has 2 aromatic rings. The van der Waals surface area contributed by atoms with Gasteiger partial charge in [-0.05, 0) is 49.9 Å². The third kappa shape index (κ3) is 3.33. The predicted molar refractivity (Wildman–Crippen MR) is 98.7 cm³/mol. The van der Waals surface area contributed by atoms with Gasteiger partial charge in [-0.25, -0.2) is 0 Å². The molecule has 1 saturated carbocycles. The first-order valence-electron chi connectivity index (χ1n) is 8.62. The highest BCUT2D eigenvalue weighted by atomic mass is 35.5. The van der Waals surface area contributed by atoms with E-state index < -0.39 is 11.4 Å². The molecule has 0 aliphatic heterocycles. The van der Waals surface area contributed by atoms with Gasteiger partial charge in [-0.1, -0.05) is 25.4 Å². The highest BCUT2D eigenvalue weighted by Gasteiger charge is 2.35. The molecule has 3 N–H and O–H groups in total. The van der Waals surface area contributed by atoms with Crippen molar-refractivity contribution in [2.45, 2.75) is 51.0 Å². The topological polar surface area (TPSA) is 85.1 Å². The number of benzene rings is 1. The standard InChI is InChI=1S/C19H22ClN3O2/c1-3-19(4-2,18(21)25)23-17(24)14-10-16(11-5-6-11)22-15-8-7-12(20)9-13(14)15/h7-11H,3-6H2,1-2H3,(H2,21,25)(H,23,24). The van der Waals surface area contributed by atoms with Gasteiger partial charge in [0.05, 0.1) is 11.1 Å². The van der Waals surface area contributed by atoms with Crippen LogP contribution in [0.25, 0.3) is 10.9 Å². The van der Waals surface area contributed by atoms with E-state index in [1.165, 1.54) is 0 Å². The molecular formula is C19H22ClN3O2. The predicted octanol–water partition coefficient (Wildman–Crippen LogP) is 3.54. The van der Waals surface area contributed by atoms with E-state index in [2.05, 4.69) is 10.3 Å². The number of fused-ring (bicyclic) bond motifs is 1. The first-order valence-corrected chi connectivity index (χ1v) is 9.00. The number of primary amides is 1. The Morgan fingerprint density at radius 1 is 1.28 bits per heavy atom. The molecule has 1 aliphatic carbocycles. The second-order valence-corrected chi connectivity index (χ2v) is 7.07. The summed E-state index contributed by atoms with van der Waals surface area (Å²) in [6.45, 7) is 3.68. The van der Waals surface area contributed by atoms with Gasteiger partial charge in [0.25, 0.3) is 5.91 Å². The smallest absolute Gasteiger partial charge is 0.252 e. The van der Waals surface area contributed by atoms with E-state index in [0.29, 0.717) is 34.7 Å². The maximum absolute atomic E-state index is 13.0. The van der Waals surface area contributed by atoms with Gasteiger partial charge < -0.3 is 11.1 Å². The molecule has 0 atom stereocenters. The molecule has 0 spiro atoms. The third-order valence-corrected chi connectivity index (χ3v) is 5.30. The van der Waals surface area contributed by atoms with Gasteiger partial charge in [0.15, 0.2) is 0 Å². The van der Waals surface area contributed by atoms with E-state index in [1.54, 1.807) is 12.1 Å². The number of hydrogen-bond donors (Lipinski definition) is 2. The lowest BCUT2D eigenvalue weighted by Crippen LogP contribution is -2.56. The minimum absolute atomic E-state index is 0.320. The van der Waals surface area contributed by atoms with Crippen molar-refractivity contribution in [1.82, 2.24) is 10.3 Å². The summed E-state index contributed by atoms with van der Waals surface area (Å²) < 4.78 is 0. The van der Waals surface area contributed by atoms with Crippen LogP contribution in [0, 0.1) is 0 Å². The molecule has 1 aromatic heterocycles. The van der Waals surface area contributed by atoms with Crippen molar-refractivity contribution in [3.8, 4) is 0 Å². The Morgan fingerprint density at radius 2 is 1.96 bits per heavy atom. The van der Waals surface area contributed by atoms with E-state index in [-0.39, 0.29) is 5.91 Å². The molecule has 1 aliphatic rings. The van der Waals surface area contributed by atoms with E-state index in [9.17, 15) is 9.59 Å². The zero-order valence-electron chi connectivity index (χ0n) is 14.4. The molecule has 0 bridgehead atoms. The number of rotatable bonds is 6. The molecule has 3 rings (SSSR count). The second-order valence-electron chi connectivity index (χ2n) is 6.64. The Hall–Kier alpha value is -2.14. The normalized spacial score (nSPS) is 14.5. The fraction of sp³-hybridized carbons (Fsp3) is 0.421. The Labute approximate surface area is 151 Å². The third-order valence-electron chi connectivity index (χ3n) is 5.06. The molecule has 132 valence electrons. The number of halogens is 1. The highest BCUT2D eigenvalue weighted by Crippen LogP contribution is 2.40. The summed E-state index contributed by atoms with van der Waals surface area (Å²) >= 11 is 6.11. The van der Waals surface area contributed by atoms with Crippen LogP contribution in [-0.2, 0) is 4.79 Å². The maximum atomic E-state index is 13.0. The van der Waals surface area contributed by atoms with Crippen LogP contribution in [-0.4, -0.2) is 22.3 Å². The largest absolute Gasteiger partial charge is 0.368 e. The van der Waals surface area contributed by atoms with Crippen LogP contribution in [0.15, 0.2) is 24.3 Å². The Kier molecular flexibility index (Phi) is 4.69. The summed E-state index contributed by atoms with van der Waals surface area (Å²) in [4.78, 5) is 29.6. The van der Waals surface area contributed by atoms with Crippen molar-refractivity contribution in [3.63, 3.8) is 0 Å². The molecule has 5 nitrogen and oxygen atoms in total. The van der Waals surface area contributed by atoms with Gasteiger partial charge in [-0.15, -0.1) is 0 Å². The van der Waals surface area contributed by atoms with E-state index in [4.69, 9.17) is 17.3 Å². The van der Waals surface area contributed by atoms with Gasteiger partial charge in [-0.2, -0.15) is 0 Å². The quantitative estimate of drug-likeness (QED) is 0.827. The van der Waals surface area contributed by atoms with Gasteiger partial charge in [0.1, 0.15) is 5.54 Å². The Bertz CT molecular complexity index is 842. The fourth-order valence-electron chi connectivity index (χ4n) is 3.12. The molecule has 2 amide bonds. The number of hydrogen-bond acceptors (Lipinski definition) is 3. The van der Waals surface area contributed by atoms with E-state index in [1.807, 2.05) is 26.0 Å². The number of aromatic nitrogens is 1. The van der Waals surface area contributed by atoms with Crippen molar-refractivity contribution < 1.29 is 9.59 Å². The van der Waals surface area contributed by atoms with E-state index in [0.717, 1.165) is 24.1 Å². The fourth-order valence-corrected chi connectivity index (χ4v) is 3.29. The van der Waals surface area contributed by atoms with Crippen molar-refractivity contribution in [2.75, 3.05) is 0 Å². The summed E-state index contributed by atoms with van der Waals surface area (Å²) in [6, 6.07) is 7.14. The summed E-state index contributed by atoms with van der Waals surface area (Å²) in [6.07, 6.45) is 3.04. The summed E-state index contributed by atoms with van der Waals surface area (Å²) in [5.41, 5.74) is 6.64. The van der Waals surface area contributed by atoms with Crippen LogP contribution >= 0.6 is 11.6 Å². The van der Waals surface area contributed by atoms with Crippen molar-refractivity contribution >= 4 is 34.3 Å². The molecule has 6 heteroatoms. The van der Waals surface area contributed by atoms with Gasteiger partial charge in [-0.3, -0.25) is 14.6 Å². The highest BCUT2D eigenvalue weighted by molar-refractivity contribution is 6.31. The van der Waals surface area contributed by atoms with E-state index >= 15 is 0 Å². The van der Waals surface area contributed by atoms with Gasteiger partial charge in [0.2, 0.25) is 5.91 Å². The monoisotopic (exact) mass is 359 g/mol. The maximum Gasteiger partial charge on any atom is 0.252 e. The molecule has 1 heterocycles. The van der Waals surface area contributed by atoms with Crippen molar-refractivity contribution in [1.29, 1.82) is 0 Å². The molecule has 0 saturated heterocycles. The van der Waals surface area contributed by atoms with Crippen molar-refractivity contribution in [2.24, 2.45) is 5.73 Å². The van der Waals surface area contributed by atoms with Crippen LogP contribution in [0.2, 0.25) is 5.02 Å². The number of pyridine rings is 1. The van der Waals surface area contributed by atoms with Crippen LogP contribution < -0.4 is 11.1 Å². The first-order chi connectivity index (χ1) is 11.9. The van der Waals surface area contributed by atoms with Crippen LogP contribution in [0.5, 0.6) is 0 Å². The van der Waals surface area contributed by atoms with Gasteiger partial charge >= 0.3 is 0 Å². The number of amides is 2. The second kappa shape index (κ2) is 6.64. The molecule has 0 unspecified atom stereocenters. The first kappa shape index (κ1) is 17.7. The molecule has 1 aromatic carbocycles. The summed E-state index contributed by atoms with van der Waals surface area (Å²) in [7, 11) is 0. The Morgan fingerprint density at radius 3 is 2.52 bits per heavy atom. The Balaban J connectivity index is 2.08. The lowest BCUT2D eigenvalue weighted by Gasteiger charge is -2.29. The molecule has 0 radical (unpaired) electrons. The minimum atomic E-state index is -1.05. The van der Waals surface area contributed by atoms with Crippen LogP contribution in [0.3, 0.4) is 0 Å². The number of carbonyl (C=O) groups is 2. The van der Waals surface area contributed by atoms with Crippen LogP contribution in [0.1, 0.15) is 61.5 Å². The summed E-state index contributed by atoms with van der Waals surface area (Å²) in [5, 5.41) is 4.08. The zero-order chi connectivity index (χ0) is 18.2. The lowest BCUT2D eigenvalue weighted by atomic mass is 9.91. The average Bonchev–Trinajstić information content (AvgIpc) is 3.43.